The minimum absolute atomic E-state index is 0.00887. The van der Waals surface area contributed by atoms with Gasteiger partial charge in [0.1, 0.15) is 5.75 Å². The first kappa shape index (κ1) is 18.3. The van der Waals surface area contributed by atoms with E-state index in [2.05, 4.69) is 37.4 Å². The molecule has 0 bridgehead atoms. The number of rotatable bonds is 7. The molecule has 0 saturated carbocycles. The summed E-state index contributed by atoms with van der Waals surface area (Å²) in [5.74, 6) is 0.812. The van der Waals surface area contributed by atoms with Crippen LogP contribution in [0.1, 0.15) is 42.5 Å². The van der Waals surface area contributed by atoms with Crippen molar-refractivity contribution in [2.75, 3.05) is 6.61 Å². The molecule has 0 spiro atoms. The molecule has 0 aliphatic heterocycles. The molecular formula is C20H24ClNO2. The quantitative estimate of drug-likeness (QED) is 0.717. The highest BCUT2D eigenvalue weighted by molar-refractivity contribution is 6.30. The summed E-state index contributed by atoms with van der Waals surface area (Å²) in [6, 6.07) is 13.5. The van der Waals surface area contributed by atoms with Crippen molar-refractivity contribution in [3.05, 3.63) is 64.2 Å². The van der Waals surface area contributed by atoms with Crippen LogP contribution in [-0.4, -0.2) is 12.5 Å². The molecule has 0 saturated heterocycles. The monoisotopic (exact) mass is 345 g/mol. The average Bonchev–Trinajstić information content (AvgIpc) is 2.55. The van der Waals surface area contributed by atoms with Crippen molar-refractivity contribution in [1.82, 2.24) is 5.32 Å². The van der Waals surface area contributed by atoms with Crippen molar-refractivity contribution in [3.8, 4) is 5.75 Å². The van der Waals surface area contributed by atoms with Gasteiger partial charge in [0.2, 0.25) is 5.91 Å². The normalized spacial score (nSPS) is 11.8. The number of hydrogen-bond donors (Lipinski definition) is 1. The second-order valence-corrected chi connectivity index (χ2v) is 6.49. The second-order valence-electron chi connectivity index (χ2n) is 6.06. The van der Waals surface area contributed by atoms with Crippen molar-refractivity contribution in [1.29, 1.82) is 0 Å². The molecule has 0 aromatic heterocycles. The Morgan fingerprint density at radius 3 is 2.58 bits per heavy atom. The van der Waals surface area contributed by atoms with Crippen LogP contribution in [-0.2, 0) is 4.79 Å². The molecule has 0 fully saturated rings. The topological polar surface area (TPSA) is 38.3 Å². The van der Waals surface area contributed by atoms with Crippen molar-refractivity contribution < 1.29 is 9.53 Å². The van der Waals surface area contributed by atoms with Crippen LogP contribution in [0.4, 0.5) is 0 Å². The first-order chi connectivity index (χ1) is 11.5. The molecule has 0 radical (unpaired) electrons. The molecule has 0 aliphatic rings. The Balaban J connectivity index is 1.74. The Morgan fingerprint density at radius 2 is 1.88 bits per heavy atom. The zero-order chi connectivity index (χ0) is 17.5. The number of nitrogens with one attached hydrogen (secondary N) is 1. The third kappa shape index (κ3) is 5.57. The molecule has 3 nitrogen and oxygen atoms in total. The van der Waals surface area contributed by atoms with Gasteiger partial charge in [0.05, 0.1) is 12.6 Å². The second kappa shape index (κ2) is 8.74. The molecule has 1 atom stereocenters. The molecule has 0 heterocycles. The Morgan fingerprint density at radius 1 is 1.17 bits per heavy atom. The summed E-state index contributed by atoms with van der Waals surface area (Å²) in [5, 5.41) is 3.74. The van der Waals surface area contributed by atoms with Gasteiger partial charge in [0.15, 0.2) is 0 Å². The fourth-order valence-electron chi connectivity index (χ4n) is 2.57. The van der Waals surface area contributed by atoms with Gasteiger partial charge in [-0.05, 0) is 62.6 Å². The highest BCUT2D eigenvalue weighted by atomic mass is 35.5. The molecule has 1 N–H and O–H groups in total. The van der Waals surface area contributed by atoms with Crippen LogP contribution in [0.15, 0.2) is 42.5 Å². The number of benzene rings is 2. The fourth-order valence-corrected chi connectivity index (χ4v) is 2.70. The molecular weight excluding hydrogens is 322 g/mol. The van der Waals surface area contributed by atoms with E-state index in [9.17, 15) is 4.79 Å². The Hall–Kier alpha value is -2.00. The predicted molar refractivity (Wildman–Crippen MR) is 98.7 cm³/mol. The van der Waals surface area contributed by atoms with Crippen LogP contribution in [0.3, 0.4) is 0 Å². The van der Waals surface area contributed by atoms with Gasteiger partial charge in [0.25, 0.3) is 0 Å². The molecule has 2 aromatic carbocycles. The van der Waals surface area contributed by atoms with Crippen molar-refractivity contribution >= 4 is 17.5 Å². The van der Waals surface area contributed by atoms with Crippen LogP contribution < -0.4 is 10.1 Å². The number of hydrogen-bond acceptors (Lipinski definition) is 2. The minimum Gasteiger partial charge on any atom is -0.494 e. The van der Waals surface area contributed by atoms with Gasteiger partial charge < -0.3 is 10.1 Å². The molecule has 24 heavy (non-hydrogen) atoms. The first-order valence-electron chi connectivity index (χ1n) is 8.20. The van der Waals surface area contributed by atoms with E-state index in [0.29, 0.717) is 24.5 Å². The number of carbonyl (C=O) groups is 1. The molecule has 2 aromatic rings. The Labute approximate surface area is 149 Å². The maximum atomic E-state index is 12.1. The maximum Gasteiger partial charge on any atom is 0.220 e. The van der Waals surface area contributed by atoms with E-state index in [0.717, 1.165) is 5.75 Å². The number of ether oxygens (including phenoxy) is 1. The van der Waals surface area contributed by atoms with Crippen LogP contribution in [0, 0.1) is 13.8 Å². The Kier molecular flexibility index (Phi) is 6.68. The number of amides is 1. The van der Waals surface area contributed by atoms with E-state index in [1.807, 2.05) is 19.1 Å². The number of carbonyl (C=O) groups excluding carboxylic acids is 1. The van der Waals surface area contributed by atoms with Gasteiger partial charge in [-0.3, -0.25) is 4.79 Å². The van der Waals surface area contributed by atoms with Gasteiger partial charge in [-0.25, -0.2) is 0 Å². The SMILES string of the molecule is Cc1ccc(C)c([C@H](C)NC(=O)CCCOc2ccc(Cl)cc2)c1. The van der Waals surface area contributed by atoms with E-state index >= 15 is 0 Å². The summed E-state index contributed by atoms with van der Waals surface area (Å²) in [6.45, 7) is 6.65. The summed E-state index contributed by atoms with van der Waals surface area (Å²) < 4.78 is 5.60. The molecule has 4 heteroatoms. The minimum atomic E-state index is 0.00887. The smallest absolute Gasteiger partial charge is 0.220 e. The summed E-state index contributed by atoms with van der Waals surface area (Å²) >= 11 is 5.83. The standard InChI is InChI=1S/C20H24ClNO2/c1-14-6-7-15(2)19(13-14)16(3)22-20(23)5-4-12-24-18-10-8-17(21)9-11-18/h6-11,13,16H,4-5,12H2,1-3H3,(H,22,23)/t16-/m0/s1. The first-order valence-corrected chi connectivity index (χ1v) is 8.58. The van der Waals surface area contributed by atoms with E-state index in [1.54, 1.807) is 12.1 Å². The maximum absolute atomic E-state index is 12.1. The van der Waals surface area contributed by atoms with Crippen molar-refractivity contribution in [2.24, 2.45) is 0 Å². The third-order valence-electron chi connectivity index (χ3n) is 3.91. The van der Waals surface area contributed by atoms with Crippen molar-refractivity contribution in [2.45, 2.75) is 39.7 Å². The zero-order valence-corrected chi connectivity index (χ0v) is 15.2. The van der Waals surface area contributed by atoms with Crippen LogP contribution in [0.25, 0.3) is 0 Å². The molecule has 0 unspecified atom stereocenters. The lowest BCUT2D eigenvalue weighted by molar-refractivity contribution is -0.121. The van der Waals surface area contributed by atoms with E-state index in [1.165, 1.54) is 16.7 Å². The summed E-state index contributed by atoms with van der Waals surface area (Å²) in [5.41, 5.74) is 3.56. The summed E-state index contributed by atoms with van der Waals surface area (Å²) in [6.07, 6.45) is 1.12. The molecule has 0 aliphatic carbocycles. The van der Waals surface area contributed by atoms with Gasteiger partial charge in [0, 0.05) is 11.4 Å². The van der Waals surface area contributed by atoms with E-state index < -0.39 is 0 Å². The van der Waals surface area contributed by atoms with Gasteiger partial charge in [-0.2, -0.15) is 0 Å². The largest absolute Gasteiger partial charge is 0.494 e. The lowest BCUT2D eigenvalue weighted by Crippen LogP contribution is -2.27. The highest BCUT2D eigenvalue weighted by Crippen LogP contribution is 2.19. The van der Waals surface area contributed by atoms with Crippen LogP contribution in [0.5, 0.6) is 5.75 Å². The molecule has 128 valence electrons. The lowest BCUT2D eigenvalue weighted by Gasteiger charge is -2.17. The van der Waals surface area contributed by atoms with Gasteiger partial charge in [-0.15, -0.1) is 0 Å². The van der Waals surface area contributed by atoms with Crippen LogP contribution >= 0.6 is 11.6 Å². The number of aryl methyl sites for hydroxylation is 2. The van der Waals surface area contributed by atoms with Gasteiger partial charge >= 0.3 is 0 Å². The number of halogens is 1. The zero-order valence-electron chi connectivity index (χ0n) is 14.4. The predicted octanol–water partition coefficient (Wildman–Crippen LogP) is 4.99. The van der Waals surface area contributed by atoms with E-state index in [4.69, 9.17) is 16.3 Å². The lowest BCUT2D eigenvalue weighted by atomic mass is 10.00. The van der Waals surface area contributed by atoms with Crippen molar-refractivity contribution in [3.63, 3.8) is 0 Å². The fraction of sp³-hybridized carbons (Fsp3) is 0.350. The van der Waals surface area contributed by atoms with Gasteiger partial charge in [-0.1, -0.05) is 35.4 Å². The summed E-state index contributed by atoms with van der Waals surface area (Å²) in [7, 11) is 0. The summed E-state index contributed by atoms with van der Waals surface area (Å²) in [4.78, 5) is 12.1. The van der Waals surface area contributed by atoms with Crippen LogP contribution in [0.2, 0.25) is 5.02 Å². The average molecular weight is 346 g/mol. The Bertz CT molecular complexity index is 683. The van der Waals surface area contributed by atoms with E-state index in [-0.39, 0.29) is 11.9 Å². The highest BCUT2D eigenvalue weighted by Gasteiger charge is 2.11. The third-order valence-corrected chi connectivity index (χ3v) is 4.16. The molecule has 1 amide bonds. The molecule has 2 rings (SSSR count).